The molecule has 0 bridgehead atoms. The van der Waals surface area contributed by atoms with Crippen LogP contribution < -0.4 is 9.47 Å². The smallest absolute Gasteiger partial charge is 0.343 e. The molecule has 0 N–H and O–H groups in total. The van der Waals surface area contributed by atoms with Gasteiger partial charge < -0.3 is 9.47 Å². The Kier molecular flexibility index (Phi) is 9.08. The Morgan fingerprint density at radius 1 is 0.771 bits per heavy atom. The van der Waals surface area contributed by atoms with Gasteiger partial charge in [0.15, 0.2) is 11.6 Å². The standard InChI is InChI=1S/C28H25F2NO4/c1-2-3-4-5-6-7-19-8-10-20(11-9-19)27(32)34-23-15-12-21(13-16-23)28(33)35-24-17-14-22(18-31)25(29)26(24)30/h8-17H,2-7H2,1H3. The first-order valence-electron chi connectivity index (χ1n) is 11.4. The molecule has 0 aliphatic heterocycles. The van der Waals surface area contributed by atoms with Gasteiger partial charge in [-0.15, -0.1) is 0 Å². The first kappa shape index (κ1) is 25.6. The van der Waals surface area contributed by atoms with Crippen molar-refractivity contribution in [2.45, 2.75) is 45.4 Å². The average molecular weight is 478 g/mol. The fourth-order valence-corrected chi connectivity index (χ4v) is 3.42. The number of aryl methyl sites for hydroxylation is 1. The van der Waals surface area contributed by atoms with Crippen molar-refractivity contribution >= 4 is 11.9 Å². The van der Waals surface area contributed by atoms with Crippen LogP contribution in [0.1, 0.15) is 70.9 Å². The van der Waals surface area contributed by atoms with Crippen LogP contribution in [0, 0.1) is 23.0 Å². The number of esters is 2. The van der Waals surface area contributed by atoms with Crippen LogP contribution in [0.4, 0.5) is 8.78 Å². The first-order valence-corrected chi connectivity index (χ1v) is 11.4. The van der Waals surface area contributed by atoms with Gasteiger partial charge in [-0.2, -0.15) is 9.65 Å². The minimum Gasteiger partial charge on any atom is -0.423 e. The average Bonchev–Trinajstić information content (AvgIpc) is 2.87. The number of carbonyl (C=O) groups is 2. The van der Waals surface area contributed by atoms with Crippen molar-refractivity contribution in [2.24, 2.45) is 0 Å². The fourth-order valence-electron chi connectivity index (χ4n) is 3.42. The number of nitriles is 1. The summed E-state index contributed by atoms with van der Waals surface area (Å²) in [6, 6.07) is 16.3. The molecule has 3 aromatic carbocycles. The summed E-state index contributed by atoms with van der Waals surface area (Å²) in [5, 5.41) is 8.72. The normalized spacial score (nSPS) is 10.5. The Balaban J connectivity index is 1.55. The number of carbonyl (C=O) groups excluding carboxylic acids is 2. The molecule has 7 heteroatoms. The lowest BCUT2D eigenvalue weighted by atomic mass is 10.0. The Bertz CT molecular complexity index is 1220. The van der Waals surface area contributed by atoms with Crippen LogP contribution in [0.2, 0.25) is 0 Å². The van der Waals surface area contributed by atoms with E-state index in [-0.39, 0.29) is 11.3 Å². The third kappa shape index (κ3) is 6.97. The summed E-state index contributed by atoms with van der Waals surface area (Å²) in [6.07, 6.45) is 6.98. The molecule has 5 nitrogen and oxygen atoms in total. The van der Waals surface area contributed by atoms with Gasteiger partial charge in [0.1, 0.15) is 11.8 Å². The van der Waals surface area contributed by atoms with Crippen molar-refractivity contribution in [3.63, 3.8) is 0 Å². The molecule has 0 spiro atoms. The number of rotatable bonds is 10. The molecule has 0 heterocycles. The van der Waals surface area contributed by atoms with Gasteiger partial charge in [-0.3, -0.25) is 0 Å². The molecule has 35 heavy (non-hydrogen) atoms. The second kappa shape index (κ2) is 12.4. The Labute approximate surface area is 202 Å². The minimum absolute atomic E-state index is 0.0391. The molecule has 180 valence electrons. The van der Waals surface area contributed by atoms with Crippen LogP contribution in [0.25, 0.3) is 0 Å². The van der Waals surface area contributed by atoms with E-state index in [1.807, 2.05) is 12.1 Å². The Morgan fingerprint density at radius 3 is 2.00 bits per heavy atom. The molecule has 0 aromatic heterocycles. The summed E-state index contributed by atoms with van der Waals surface area (Å²) in [5.74, 6) is -4.71. The van der Waals surface area contributed by atoms with Gasteiger partial charge in [0.05, 0.1) is 16.7 Å². The first-order chi connectivity index (χ1) is 16.9. The van der Waals surface area contributed by atoms with Crippen molar-refractivity contribution < 1.29 is 27.8 Å². The van der Waals surface area contributed by atoms with Crippen LogP contribution in [0.3, 0.4) is 0 Å². The Hall–Kier alpha value is -4.05. The molecule has 3 rings (SSSR count). The number of nitrogens with zero attached hydrogens (tertiary/aromatic N) is 1. The molecule has 0 saturated heterocycles. The lowest BCUT2D eigenvalue weighted by Gasteiger charge is -2.08. The molecule has 3 aromatic rings. The summed E-state index contributed by atoms with van der Waals surface area (Å²) in [5.41, 5.74) is 1.11. The van der Waals surface area contributed by atoms with Crippen molar-refractivity contribution in [1.82, 2.24) is 0 Å². The van der Waals surface area contributed by atoms with Gasteiger partial charge in [0.25, 0.3) is 0 Å². The zero-order chi connectivity index (χ0) is 25.2. The van der Waals surface area contributed by atoms with Crippen LogP contribution in [-0.4, -0.2) is 11.9 Å². The highest BCUT2D eigenvalue weighted by Crippen LogP contribution is 2.24. The summed E-state index contributed by atoms with van der Waals surface area (Å²) >= 11 is 0. The number of hydrogen-bond acceptors (Lipinski definition) is 5. The van der Waals surface area contributed by atoms with Crippen molar-refractivity contribution in [2.75, 3.05) is 0 Å². The maximum Gasteiger partial charge on any atom is 0.343 e. The van der Waals surface area contributed by atoms with Crippen LogP contribution in [0.15, 0.2) is 60.7 Å². The molecule has 0 radical (unpaired) electrons. The van der Waals surface area contributed by atoms with Gasteiger partial charge in [-0.05, 0) is 66.9 Å². The van der Waals surface area contributed by atoms with E-state index in [0.29, 0.717) is 5.56 Å². The molecular formula is C28H25F2NO4. The van der Waals surface area contributed by atoms with E-state index in [1.54, 1.807) is 12.1 Å². The number of hydrogen-bond donors (Lipinski definition) is 0. The maximum atomic E-state index is 14.0. The van der Waals surface area contributed by atoms with Crippen molar-refractivity contribution in [3.8, 4) is 17.6 Å². The molecule has 0 aliphatic rings. The van der Waals surface area contributed by atoms with Crippen LogP contribution in [0.5, 0.6) is 11.5 Å². The molecule has 0 atom stereocenters. The van der Waals surface area contributed by atoms with E-state index >= 15 is 0 Å². The summed E-state index contributed by atoms with van der Waals surface area (Å²) in [6.45, 7) is 2.19. The molecular weight excluding hydrogens is 452 g/mol. The highest BCUT2D eigenvalue weighted by molar-refractivity contribution is 5.92. The third-order valence-electron chi connectivity index (χ3n) is 5.43. The lowest BCUT2D eigenvalue weighted by molar-refractivity contribution is 0.0725. The summed E-state index contributed by atoms with van der Waals surface area (Å²) in [4.78, 5) is 24.7. The molecule has 0 aliphatic carbocycles. The SMILES string of the molecule is CCCCCCCc1ccc(C(=O)Oc2ccc(C(=O)Oc3ccc(C#N)c(F)c3F)cc2)cc1. The van der Waals surface area contributed by atoms with Crippen LogP contribution in [-0.2, 0) is 6.42 Å². The predicted molar refractivity (Wildman–Crippen MR) is 126 cm³/mol. The van der Waals surface area contributed by atoms with Gasteiger partial charge in [0.2, 0.25) is 5.82 Å². The maximum absolute atomic E-state index is 14.0. The van der Waals surface area contributed by atoms with E-state index in [2.05, 4.69) is 6.92 Å². The zero-order valence-electron chi connectivity index (χ0n) is 19.4. The minimum atomic E-state index is -1.43. The molecule has 0 amide bonds. The number of benzene rings is 3. The second-order valence-electron chi connectivity index (χ2n) is 8.02. The van der Waals surface area contributed by atoms with Crippen molar-refractivity contribution in [3.05, 3.63) is 94.6 Å². The highest BCUT2D eigenvalue weighted by Gasteiger charge is 2.18. The molecule has 0 unspecified atom stereocenters. The zero-order valence-corrected chi connectivity index (χ0v) is 19.4. The van der Waals surface area contributed by atoms with E-state index < -0.39 is 34.9 Å². The number of unbranched alkanes of at least 4 members (excludes halogenated alkanes) is 4. The largest absolute Gasteiger partial charge is 0.423 e. The topological polar surface area (TPSA) is 76.4 Å². The van der Waals surface area contributed by atoms with Gasteiger partial charge >= 0.3 is 11.9 Å². The number of halogens is 2. The lowest BCUT2D eigenvalue weighted by Crippen LogP contribution is -2.11. The van der Waals surface area contributed by atoms with E-state index in [4.69, 9.17) is 14.7 Å². The summed E-state index contributed by atoms with van der Waals surface area (Å²) in [7, 11) is 0. The van der Waals surface area contributed by atoms with E-state index in [1.165, 1.54) is 61.6 Å². The van der Waals surface area contributed by atoms with E-state index in [9.17, 15) is 18.4 Å². The van der Waals surface area contributed by atoms with E-state index in [0.717, 1.165) is 25.0 Å². The molecule has 0 fully saturated rings. The van der Waals surface area contributed by atoms with Gasteiger partial charge in [0, 0.05) is 0 Å². The Morgan fingerprint density at radius 2 is 1.37 bits per heavy atom. The number of ether oxygens (including phenoxy) is 2. The predicted octanol–water partition coefficient (Wildman–Crippen LogP) is 6.79. The van der Waals surface area contributed by atoms with Gasteiger partial charge in [-0.1, -0.05) is 44.7 Å². The third-order valence-corrected chi connectivity index (χ3v) is 5.43. The van der Waals surface area contributed by atoms with Gasteiger partial charge in [-0.25, -0.2) is 14.0 Å². The highest BCUT2D eigenvalue weighted by atomic mass is 19.2. The quantitative estimate of drug-likeness (QED) is 0.183. The monoisotopic (exact) mass is 477 g/mol. The van der Waals surface area contributed by atoms with Crippen LogP contribution >= 0.6 is 0 Å². The molecule has 0 saturated carbocycles. The van der Waals surface area contributed by atoms with Crippen molar-refractivity contribution in [1.29, 1.82) is 5.26 Å². The summed E-state index contributed by atoms with van der Waals surface area (Å²) < 4.78 is 37.9. The fraction of sp³-hybridized carbons (Fsp3) is 0.250. The second-order valence-corrected chi connectivity index (χ2v) is 8.02.